The number of quaternary nitrogens is 1. The second-order valence-corrected chi connectivity index (χ2v) is 16.1. The van der Waals surface area contributed by atoms with Gasteiger partial charge in [-0.05, 0) is 76.7 Å². The van der Waals surface area contributed by atoms with Crippen molar-refractivity contribution < 1.29 is 46.8 Å². The standard InChI is InChI=1S/C44H74NO9P/c1-6-8-10-12-14-15-16-17-18-19-20-21-23-27-31-35-43(47)51-39-42(40-53-55(49,50)52-38-37-45(3,4)5)54-44(48)36-32-28-24-26-30-34-41(46)33-29-25-22-13-11-9-7-2/h8,10,14-15,17-18,20-22,25,29,33,42H,6-7,9,11-13,16,19,23-24,26-28,30-32,34-40H2,1-5H3/p+1/b10-8-,15-14-,18-17-,21-20-,25-22-,33-29+/t42-/m1/s1. The fraction of sp³-hybridized carbons (Fsp3) is 0.659. The van der Waals surface area contributed by atoms with Gasteiger partial charge in [0.2, 0.25) is 0 Å². The van der Waals surface area contributed by atoms with Gasteiger partial charge in [0.25, 0.3) is 0 Å². The van der Waals surface area contributed by atoms with Crippen LogP contribution in [0, 0.1) is 0 Å². The number of ether oxygens (including phenoxy) is 2. The zero-order chi connectivity index (χ0) is 40.9. The maximum Gasteiger partial charge on any atom is 0.472 e. The molecule has 0 aliphatic heterocycles. The average molecular weight is 793 g/mol. The van der Waals surface area contributed by atoms with Crippen molar-refractivity contribution in [1.29, 1.82) is 0 Å². The highest BCUT2D eigenvalue weighted by Crippen LogP contribution is 2.43. The maximum absolute atomic E-state index is 12.7. The fourth-order valence-electron chi connectivity index (χ4n) is 4.92. The molecule has 11 heteroatoms. The molecule has 1 unspecified atom stereocenters. The summed E-state index contributed by atoms with van der Waals surface area (Å²) in [5.74, 6) is -0.835. The van der Waals surface area contributed by atoms with Crippen LogP contribution in [-0.4, -0.2) is 80.7 Å². The smallest absolute Gasteiger partial charge is 0.462 e. The van der Waals surface area contributed by atoms with Crippen molar-refractivity contribution in [3.05, 3.63) is 72.9 Å². The van der Waals surface area contributed by atoms with Crippen LogP contribution in [0.2, 0.25) is 0 Å². The van der Waals surface area contributed by atoms with Crippen LogP contribution in [0.3, 0.4) is 0 Å². The Bertz CT molecular complexity index is 1230. The molecule has 0 bridgehead atoms. The number of unbranched alkanes of at least 4 members (excludes halogenated alkanes) is 9. The molecule has 0 saturated carbocycles. The van der Waals surface area contributed by atoms with E-state index in [2.05, 4.69) is 68.5 Å². The zero-order valence-electron chi connectivity index (χ0n) is 34.9. The van der Waals surface area contributed by atoms with Crippen LogP contribution in [0.15, 0.2) is 72.9 Å². The summed E-state index contributed by atoms with van der Waals surface area (Å²) in [6, 6.07) is 0. The highest BCUT2D eigenvalue weighted by atomic mass is 31.2. The molecule has 0 aliphatic carbocycles. The Kier molecular flexibility index (Phi) is 33.7. The molecule has 0 heterocycles. The second kappa shape index (κ2) is 35.5. The first-order chi connectivity index (χ1) is 26.4. The number of rotatable bonds is 36. The zero-order valence-corrected chi connectivity index (χ0v) is 35.8. The van der Waals surface area contributed by atoms with Crippen molar-refractivity contribution in [2.45, 2.75) is 142 Å². The third-order valence-corrected chi connectivity index (χ3v) is 9.18. The maximum atomic E-state index is 12.7. The summed E-state index contributed by atoms with van der Waals surface area (Å²) in [7, 11) is 1.36. The van der Waals surface area contributed by atoms with Crippen LogP contribution in [0.25, 0.3) is 0 Å². The number of nitrogens with zero attached hydrogens (tertiary/aromatic N) is 1. The largest absolute Gasteiger partial charge is 0.472 e. The molecule has 0 amide bonds. The van der Waals surface area contributed by atoms with Gasteiger partial charge in [-0.3, -0.25) is 23.4 Å². The number of carbonyl (C=O) groups is 3. The summed E-state index contributed by atoms with van der Waals surface area (Å²) in [6.07, 6.45) is 39.2. The molecule has 0 aromatic rings. The number of phosphoric ester groups is 1. The number of hydrogen-bond acceptors (Lipinski definition) is 8. The van der Waals surface area contributed by atoms with E-state index in [1.54, 1.807) is 6.08 Å². The Morgan fingerprint density at radius 1 is 0.636 bits per heavy atom. The predicted molar refractivity (Wildman–Crippen MR) is 224 cm³/mol. The number of ketones is 1. The van der Waals surface area contributed by atoms with Crippen molar-refractivity contribution in [1.82, 2.24) is 0 Å². The summed E-state index contributed by atoms with van der Waals surface area (Å²) in [5.41, 5.74) is 0. The molecule has 0 aromatic carbocycles. The minimum absolute atomic E-state index is 0.000963. The van der Waals surface area contributed by atoms with Gasteiger partial charge in [0.15, 0.2) is 11.9 Å². The Labute approximate surface area is 334 Å². The number of allylic oxidation sites excluding steroid dienone is 12. The average Bonchev–Trinajstić information content (AvgIpc) is 3.12. The summed E-state index contributed by atoms with van der Waals surface area (Å²) < 4.78 is 34.1. The molecule has 0 aromatic heterocycles. The van der Waals surface area contributed by atoms with E-state index in [9.17, 15) is 23.8 Å². The van der Waals surface area contributed by atoms with E-state index in [-0.39, 0.29) is 31.8 Å². The topological polar surface area (TPSA) is 125 Å². The first-order valence-electron chi connectivity index (χ1n) is 20.6. The second-order valence-electron chi connectivity index (χ2n) is 14.7. The number of esters is 2. The normalized spacial score (nSPS) is 14.3. The number of hydrogen-bond donors (Lipinski definition) is 1. The Balaban J connectivity index is 4.58. The van der Waals surface area contributed by atoms with E-state index in [0.717, 1.165) is 70.6 Å². The highest BCUT2D eigenvalue weighted by molar-refractivity contribution is 7.47. The van der Waals surface area contributed by atoms with E-state index in [1.807, 2.05) is 33.3 Å². The van der Waals surface area contributed by atoms with Gasteiger partial charge in [-0.15, -0.1) is 0 Å². The van der Waals surface area contributed by atoms with E-state index >= 15 is 0 Å². The summed E-state index contributed by atoms with van der Waals surface area (Å²) in [5, 5.41) is 0. The summed E-state index contributed by atoms with van der Waals surface area (Å²) >= 11 is 0. The van der Waals surface area contributed by atoms with E-state index in [0.29, 0.717) is 30.3 Å². The lowest BCUT2D eigenvalue weighted by molar-refractivity contribution is -0.870. The third kappa shape index (κ3) is 39.2. The SMILES string of the molecule is CC/C=C\C/C=C\C/C=C\C/C=C\CCCCC(=O)OC[C@H](COP(=O)(O)OCC[N+](C)(C)C)OC(=O)CCCCCCCC(=O)/C=C/C=C\CCCCC. The summed E-state index contributed by atoms with van der Waals surface area (Å²) in [6.45, 7) is 4.03. The van der Waals surface area contributed by atoms with Gasteiger partial charge in [-0.1, -0.05) is 113 Å². The van der Waals surface area contributed by atoms with Crippen LogP contribution in [0.4, 0.5) is 0 Å². The number of phosphoric acid groups is 1. The Hall–Kier alpha value is -2.88. The van der Waals surface area contributed by atoms with Crippen LogP contribution < -0.4 is 0 Å². The molecular formula is C44H75NO9P+. The molecule has 0 radical (unpaired) electrons. The molecule has 2 atom stereocenters. The van der Waals surface area contributed by atoms with Gasteiger partial charge in [0.05, 0.1) is 27.7 Å². The lowest BCUT2D eigenvalue weighted by Gasteiger charge is -2.24. The number of likely N-dealkylation sites (N-methyl/N-ethyl adjacent to an activating group) is 1. The molecule has 0 spiro atoms. The summed E-state index contributed by atoms with van der Waals surface area (Å²) in [4.78, 5) is 47.3. The van der Waals surface area contributed by atoms with Crippen LogP contribution in [0.5, 0.6) is 0 Å². The molecule has 314 valence electrons. The van der Waals surface area contributed by atoms with Gasteiger partial charge in [0.1, 0.15) is 19.8 Å². The number of carbonyl (C=O) groups excluding carboxylic acids is 3. The van der Waals surface area contributed by atoms with Crippen molar-refractivity contribution in [3.63, 3.8) is 0 Å². The quantitative estimate of drug-likeness (QED) is 0.0125. The lowest BCUT2D eigenvalue weighted by Crippen LogP contribution is -2.37. The van der Waals surface area contributed by atoms with Gasteiger partial charge < -0.3 is 18.9 Å². The molecule has 0 rings (SSSR count). The third-order valence-electron chi connectivity index (χ3n) is 8.20. The van der Waals surface area contributed by atoms with Gasteiger partial charge >= 0.3 is 19.8 Å². The molecule has 55 heavy (non-hydrogen) atoms. The van der Waals surface area contributed by atoms with Crippen molar-refractivity contribution >= 4 is 25.5 Å². The molecule has 0 aliphatic rings. The lowest BCUT2D eigenvalue weighted by atomic mass is 10.1. The van der Waals surface area contributed by atoms with Gasteiger partial charge in [0, 0.05) is 19.3 Å². The van der Waals surface area contributed by atoms with E-state index in [1.165, 1.54) is 19.3 Å². The highest BCUT2D eigenvalue weighted by Gasteiger charge is 2.27. The predicted octanol–water partition coefficient (Wildman–Crippen LogP) is 10.6. The van der Waals surface area contributed by atoms with Crippen molar-refractivity contribution in [3.8, 4) is 0 Å². The van der Waals surface area contributed by atoms with Crippen LogP contribution >= 0.6 is 7.82 Å². The Morgan fingerprint density at radius 3 is 1.85 bits per heavy atom. The van der Waals surface area contributed by atoms with E-state index < -0.39 is 32.5 Å². The van der Waals surface area contributed by atoms with Gasteiger partial charge in [-0.25, -0.2) is 4.57 Å². The van der Waals surface area contributed by atoms with Crippen molar-refractivity contribution in [2.24, 2.45) is 0 Å². The minimum atomic E-state index is -4.42. The van der Waals surface area contributed by atoms with Gasteiger partial charge in [-0.2, -0.15) is 0 Å². The van der Waals surface area contributed by atoms with Crippen LogP contribution in [0.1, 0.15) is 136 Å². The molecule has 1 N–H and O–H groups in total. The first kappa shape index (κ1) is 52.1. The van der Waals surface area contributed by atoms with E-state index in [4.69, 9.17) is 18.5 Å². The fourth-order valence-corrected chi connectivity index (χ4v) is 5.67. The molecular weight excluding hydrogens is 717 g/mol. The first-order valence-corrected chi connectivity index (χ1v) is 22.1. The molecule has 0 saturated heterocycles. The Morgan fingerprint density at radius 2 is 1.20 bits per heavy atom. The monoisotopic (exact) mass is 793 g/mol. The molecule has 10 nitrogen and oxygen atoms in total. The minimum Gasteiger partial charge on any atom is -0.462 e. The van der Waals surface area contributed by atoms with Crippen LogP contribution in [-0.2, 0) is 37.5 Å². The van der Waals surface area contributed by atoms with Crippen molar-refractivity contribution in [2.75, 3.05) is 47.5 Å². The molecule has 0 fully saturated rings.